The lowest BCUT2D eigenvalue weighted by Crippen LogP contribution is -2.36. The molecule has 0 saturated carbocycles. The minimum atomic E-state index is 0.00238. The SMILES string of the molecule is O=C(c1cc2cc(Cl)ccc2[nH]1)N1CCc2nc[nH]c2C1. The molecule has 0 fully saturated rings. The highest BCUT2D eigenvalue weighted by atomic mass is 35.5. The molecule has 2 N–H and O–H groups in total. The molecule has 1 aliphatic heterocycles. The van der Waals surface area contributed by atoms with Crippen molar-refractivity contribution in [1.82, 2.24) is 19.9 Å². The average Bonchev–Trinajstić information content (AvgIpc) is 3.11. The second-order valence-corrected chi connectivity index (χ2v) is 5.66. The first-order valence-electron chi connectivity index (χ1n) is 6.79. The number of hydrogen-bond acceptors (Lipinski definition) is 2. The second kappa shape index (κ2) is 4.63. The number of halogens is 1. The topological polar surface area (TPSA) is 64.8 Å². The van der Waals surface area contributed by atoms with Crippen LogP contribution in [-0.2, 0) is 13.0 Å². The number of hydrogen-bond donors (Lipinski definition) is 2. The van der Waals surface area contributed by atoms with Crippen LogP contribution in [0.4, 0.5) is 0 Å². The standard InChI is InChI=1S/C15H13ClN4O/c16-10-1-2-11-9(5-10)6-13(19-11)15(21)20-4-3-12-14(7-20)18-8-17-12/h1-2,5-6,8,19H,3-4,7H2,(H,17,18). The summed E-state index contributed by atoms with van der Waals surface area (Å²) in [4.78, 5) is 24.9. The number of carbonyl (C=O) groups is 1. The van der Waals surface area contributed by atoms with Crippen LogP contribution < -0.4 is 0 Å². The Kier molecular flexibility index (Phi) is 2.75. The smallest absolute Gasteiger partial charge is 0.270 e. The molecule has 0 unspecified atom stereocenters. The van der Waals surface area contributed by atoms with E-state index < -0.39 is 0 Å². The lowest BCUT2D eigenvalue weighted by atomic mass is 10.1. The molecule has 1 amide bonds. The third kappa shape index (κ3) is 2.10. The fourth-order valence-electron chi connectivity index (χ4n) is 2.77. The van der Waals surface area contributed by atoms with Crippen LogP contribution >= 0.6 is 11.6 Å². The van der Waals surface area contributed by atoms with Crippen LogP contribution in [0.5, 0.6) is 0 Å². The maximum atomic E-state index is 12.6. The normalized spacial score (nSPS) is 14.4. The molecule has 3 heterocycles. The van der Waals surface area contributed by atoms with Crippen molar-refractivity contribution in [1.29, 1.82) is 0 Å². The molecule has 6 heteroatoms. The van der Waals surface area contributed by atoms with Gasteiger partial charge >= 0.3 is 0 Å². The van der Waals surface area contributed by atoms with Crippen molar-refractivity contribution in [2.45, 2.75) is 13.0 Å². The molecule has 1 aromatic carbocycles. The number of aromatic amines is 2. The molecule has 4 rings (SSSR count). The molecular formula is C15H13ClN4O. The second-order valence-electron chi connectivity index (χ2n) is 5.22. The van der Waals surface area contributed by atoms with E-state index in [9.17, 15) is 4.79 Å². The van der Waals surface area contributed by atoms with Gasteiger partial charge in [0.1, 0.15) is 5.69 Å². The zero-order chi connectivity index (χ0) is 14.4. The van der Waals surface area contributed by atoms with E-state index in [1.54, 1.807) is 6.33 Å². The zero-order valence-corrected chi connectivity index (χ0v) is 11.9. The molecule has 0 spiro atoms. The van der Waals surface area contributed by atoms with Gasteiger partial charge in [0.25, 0.3) is 5.91 Å². The van der Waals surface area contributed by atoms with Crippen molar-refractivity contribution in [3.8, 4) is 0 Å². The molecule has 2 aromatic heterocycles. The minimum Gasteiger partial charge on any atom is -0.351 e. The highest BCUT2D eigenvalue weighted by molar-refractivity contribution is 6.31. The number of nitrogens with one attached hydrogen (secondary N) is 2. The highest BCUT2D eigenvalue weighted by Gasteiger charge is 2.24. The van der Waals surface area contributed by atoms with Gasteiger partial charge in [-0.05, 0) is 24.3 Å². The zero-order valence-electron chi connectivity index (χ0n) is 11.2. The van der Waals surface area contributed by atoms with Crippen molar-refractivity contribution >= 4 is 28.4 Å². The molecule has 5 nitrogen and oxygen atoms in total. The van der Waals surface area contributed by atoms with Gasteiger partial charge in [0.05, 0.1) is 24.3 Å². The van der Waals surface area contributed by atoms with Crippen molar-refractivity contribution in [3.63, 3.8) is 0 Å². The number of rotatable bonds is 1. The third-order valence-corrected chi connectivity index (χ3v) is 4.11. The van der Waals surface area contributed by atoms with Gasteiger partial charge in [0, 0.05) is 28.9 Å². The summed E-state index contributed by atoms with van der Waals surface area (Å²) < 4.78 is 0. The Hall–Kier alpha value is -2.27. The molecule has 0 bridgehead atoms. The highest BCUT2D eigenvalue weighted by Crippen LogP contribution is 2.22. The summed E-state index contributed by atoms with van der Waals surface area (Å²) in [6.07, 6.45) is 2.47. The number of benzene rings is 1. The summed E-state index contributed by atoms with van der Waals surface area (Å²) in [5.41, 5.74) is 3.59. The largest absolute Gasteiger partial charge is 0.351 e. The molecule has 3 aromatic rings. The molecule has 106 valence electrons. The maximum absolute atomic E-state index is 12.6. The number of H-pyrrole nitrogens is 2. The van der Waals surface area contributed by atoms with Gasteiger partial charge in [-0.15, -0.1) is 0 Å². The number of carbonyl (C=O) groups excluding carboxylic acids is 1. The van der Waals surface area contributed by atoms with Crippen LogP contribution in [0.2, 0.25) is 5.02 Å². The predicted octanol–water partition coefficient (Wildman–Crippen LogP) is 2.74. The Balaban J connectivity index is 1.64. The Morgan fingerprint density at radius 1 is 1.33 bits per heavy atom. The maximum Gasteiger partial charge on any atom is 0.270 e. The van der Waals surface area contributed by atoms with E-state index in [2.05, 4.69) is 15.0 Å². The first-order chi connectivity index (χ1) is 10.2. The van der Waals surface area contributed by atoms with Crippen molar-refractivity contribution < 1.29 is 4.79 Å². The third-order valence-electron chi connectivity index (χ3n) is 3.88. The molecule has 0 saturated heterocycles. The van der Waals surface area contributed by atoms with Crippen LogP contribution in [0.1, 0.15) is 21.9 Å². The average molecular weight is 301 g/mol. The Bertz CT molecular complexity index is 835. The number of amides is 1. The van der Waals surface area contributed by atoms with Gasteiger partial charge in [-0.1, -0.05) is 11.6 Å². The number of fused-ring (bicyclic) bond motifs is 2. The molecule has 0 atom stereocenters. The van der Waals surface area contributed by atoms with Gasteiger partial charge < -0.3 is 14.9 Å². The van der Waals surface area contributed by atoms with E-state index in [4.69, 9.17) is 11.6 Å². The van der Waals surface area contributed by atoms with E-state index >= 15 is 0 Å². The monoisotopic (exact) mass is 300 g/mol. The van der Waals surface area contributed by atoms with Gasteiger partial charge in [-0.2, -0.15) is 0 Å². The summed E-state index contributed by atoms with van der Waals surface area (Å²) in [6, 6.07) is 7.41. The Morgan fingerprint density at radius 3 is 3.14 bits per heavy atom. The summed E-state index contributed by atoms with van der Waals surface area (Å²) >= 11 is 5.98. The molecule has 0 radical (unpaired) electrons. The minimum absolute atomic E-state index is 0.00238. The van der Waals surface area contributed by atoms with E-state index in [1.807, 2.05) is 29.2 Å². The number of aromatic nitrogens is 3. The molecule has 21 heavy (non-hydrogen) atoms. The van der Waals surface area contributed by atoms with Crippen LogP contribution in [-0.4, -0.2) is 32.3 Å². The van der Waals surface area contributed by atoms with E-state index in [0.717, 1.165) is 28.7 Å². The summed E-state index contributed by atoms with van der Waals surface area (Å²) in [7, 11) is 0. The van der Waals surface area contributed by atoms with Crippen molar-refractivity contribution in [2.24, 2.45) is 0 Å². The van der Waals surface area contributed by atoms with Crippen LogP contribution in [0.25, 0.3) is 10.9 Å². The van der Waals surface area contributed by atoms with Crippen molar-refractivity contribution in [3.05, 3.63) is 52.7 Å². The Morgan fingerprint density at radius 2 is 2.24 bits per heavy atom. The summed E-state index contributed by atoms with van der Waals surface area (Å²) in [6.45, 7) is 1.26. The predicted molar refractivity (Wildman–Crippen MR) is 80.3 cm³/mol. The lowest BCUT2D eigenvalue weighted by Gasteiger charge is -2.25. The van der Waals surface area contributed by atoms with Gasteiger partial charge in [-0.3, -0.25) is 4.79 Å². The first-order valence-corrected chi connectivity index (χ1v) is 7.17. The number of nitrogens with zero attached hydrogens (tertiary/aromatic N) is 2. The lowest BCUT2D eigenvalue weighted by molar-refractivity contribution is 0.0727. The fraction of sp³-hybridized carbons (Fsp3) is 0.200. The van der Waals surface area contributed by atoms with Crippen molar-refractivity contribution in [2.75, 3.05) is 6.54 Å². The van der Waals surface area contributed by atoms with E-state index in [-0.39, 0.29) is 5.91 Å². The molecule has 1 aliphatic rings. The van der Waals surface area contributed by atoms with E-state index in [0.29, 0.717) is 23.8 Å². The summed E-state index contributed by atoms with van der Waals surface area (Å²) in [5, 5.41) is 1.62. The molecule has 0 aliphatic carbocycles. The molecular weight excluding hydrogens is 288 g/mol. The van der Waals surface area contributed by atoms with Gasteiger partial charge in [-0.25, -0.2) is 4.98 Å². The number of imidazole rings is 1. The van der Waals surface area contributed by atoms with Gasteiger partial charge in [0.2, 0.25) is 0 Å². The Labute approximate surface area is 125 Å². The fourth-order valence-corrected chi connectivity index (χ4v) is 2.96. The van der Waals surface area contributed by atoms with Gasteiger partial charge in [0.15, 0.2) is 0 Å². The van der Waals surface area contributed by atoms with Crippen LogP contribution in [0.3, 0.4) is 0 Å². The summed E-state index contributed by atoms with van der Waals surface area (Å²) in [5.74, 6) is 0.00238. The first kappa shape index (κ1) is 12.5. The van der Waals surface area contributed by atoms with Crippen LogP contribution in [0.15, 0.2) is 30.6 Å². The quantitative estimate of drug-likeness (QED) is 0.726. The van der Waals surface area contributed by atoms with Crippen LogP contribution in [0, 0.1) is 0 Å². The van der Waals surface area contributed by atoms with E-state index in [1.165, 1.54) is 0 Å².